The van der Waals surface area contributed by atoms with Crippen LogP contribution >= 0.6 is 27.3 Å². The Hall–Kier alpha value is -0.560. The molecule has 0 aromatic carbocycles. The Morgan fingerprint density at radius 1 is 1.54 bits per heavy atom. The third-order valence-corrected chi connectivity index (χ3v) is 2.67. The third-order valence-electron chi connectivity index (χ3n) is 1.06. The molecular weight excluding hydrogens is 271 g/mol. The van der Waals surface area contributed by atoms with E-state index in [1.54, 1.807) is 10.7 Å². The first kappa shape index (κ1) is 10.5. The molecule has 7 heteroatoms. The Morgan fingerprint density at radius 3 is 2.54 bits per heavy atom. The Morgan fingerprint density at radius 2 is 2.15 bits per heavy atom. The van der Waals surface area contributed by atoms with Gasteiger partial charge in [-0.15, -0.1) is 11.3 Å². The highest BCUT2D eigenvalue weighted by Crippen LogP contribution is 2.26. The molecule has 0 fully saturated rings. The van der Waals surface area contributed by atoms with Gasteiger partial charge in [0.1, 0.15) is 0 Å². The first-order chi connectivity index (χ1) is 5.89. The van der Waals surface area contributed by atoms with Crippen LogP contribution in [0.3, 0.4) is 0 Å². The molecule has 1 rings (SSSR count). The summed E-state index contributed by atoms with van der Waals surface area (Å²) in [4.78, 5) is 10.4. The van der Waals surface area contributed by atoms with Crippen molar-refractivity contribution in [2.24, 2.45) is 0 Å². The molecule has 1 aromatic heterocycles. The molecule has 13 heavy (non-hydrogen) atoms. The van der Waals surface area contributed by atoms with E-state index in [4.69, 9.17) is 0 Å². The van der Waals surface area contributed by atoms with Gasteiger partial charge in [-0.05, 0) is 22.0 Å². The number of alkyl halides is 3. The maximum Gasteiger partial charge on any atom is 0.471 e. The average Bonchev–Trinajstić information content (AvgIpc) is 2.33. The number of amides is 1. The van der Waals surface area contributed by atoms with Crippen molar-refractivity contribution in [1.82, 2.24) is 0 Å². The van der Waals surface area contributed by atoms with Crippen LogP contribution in [0.2, 0.25) is 0 Å². The Bertz CT molecular complexity index is 322. The van der Waals surface area contributed by atoms with E-state index in [0.29, 0.717) is 4.47 Å². The van der Waals surface area contributed by atoms with Crippen LogP contribution in [0.5, 0.6) is 0 Å². The fraction of sp³-hybridized carbons (Fsp3) is 0.167. The van der Waals surface area contributed by atoms with Crippen molar-refractivity contribution in [2.75, 3.05) is 5.32 Å². The van der Waals surface area contributed by atoms with E-state index < -0.39 is 12.1 Å². The quantitative estimate of drug-likeness (QED) is 0.838. The number of carbonyl (C=O) groups excluding carboxylic acids is 1. The van der Waals surface area contributed by atoms with Crippen LogP contribution in [0.15, 0.2) is 15.9 Å². The first-order valence-electron chi connectivity index (χ1n) is 3.02. The van der Waals surface area contributed by atoms with Gasteiger partial charge in [0.25, 0.3) is 0 Å². The van der Waals surface area contributed by atoms with Crippen LogP contribution in [0.1, 0.15) is 0 Å². The molecule has 1 N–H and O–H groups in total. The van der Waals surface area contributed by atoms with Crippen molar-refractivity contribution in [3.63, 3.8) is 0 Å². The van der Waals surface area contributed by atoms with Gasteiger partial charge in [0.05, 0.1) is 5.00 Å². The van der Waals surface area contributed by atoms with Gasteiger partial charge in [0.15, 0.2) is 0 Å². The topological polar surface area (TPSA) is 29.1 Å². The number of hydrogen-bond donors (Lipinski definition) is 1. The molecule has 1 amide bonds. The number of anilines is 1. The summed E-state index contributed by atoms with van der Waals surface area (Å²) >= 11 is 4.07. The minimum Gasteiger partial charge on any atom is -0.310 e. The van der Waals surface area contributed by atoms with Crippen LogP contribution in [-0.2, 0) is 4.79 Å². The Kier molecular flexibility index (Phi) is 2.97. The van der Waals surface area contributed by atoms with E-state index in [0.717, 1.165) is 11.3 Å². The van der Waals surface area contributed by atoms with Crippen molar-refractivity contribution in [1.29, 1.82) is 0 Å². The summed E-state index contributed by atoms with van der Waals surface area (Å²) in [5.74, 6) is -1.96. The molecule has 0 aliphatic carbocycles. The Balaban J connectivity index is 2.65. The highest BCUT2D eigenvalue weighted by atomic mass is 79.9. The summed E-state index contributed by atoms with van der Waals surface area (Å²) in [6.07, 6.45) is -4.84. The van der Waals surface area contributed by atoms with Crippen molar-refractivity contribution >= 4 is 38.2 Å². The van der Waals surface area contributed by atoms with Crippen molar-refractivity contribution in [3.05, 3.63) is 15.9 Å². The van der Waals surface area contributed by atoms with Crippen LogP contribution in [-0.4, -0.2) is 12.1 Å². The van der Waals surface area contributed by atoms with E-state index in [1.165, 1.54) is 6.07 Å². The predicted molar refractivity (Wildman–Crippen MR) is 46.7 cm³/mol. The predicted octanol–water partition coefficient (Wildman–Crippen LogP) is 3.01. The largest absolute Gasteiger partial charge is 0.471 e. The van der Waals surface area contributed by atoms with Crippen molar-refractivity contribution in [3.8, 4) is 0 Å². The number of rotatable bonds is 1. The van der Waals surface area contributed by atoms with Crippen LogP contribution in [0.25, 0.3) is 0 Å². The van der Waals surface area contributed by atoms with Gasteiger partial charge in [-0.25, -0.2) is 0 Å². The maximum atomic E-state index is 11.7. The average molecular weight is 274 g/mol. The fourth-order valence-corrected chi connectivity index (χ4v) is 1.88. The lowest BCUT2D eigenvalue weighted by Crippen LogP contribution is -2.29. The molecule has 0 bridgehead atoms. The maximum absolute atomic E-state index is 11.7. The number of thiophene rings is 1. The summed E-state index contributed by atoms with van der Waals surface area (Å²) in [6.45, 7) is 0. The van der Waals surface area contributed by atoms with E-state index in [9.17, 15) is 18.0 Å². The second kappa shape index (κ2) is 3.67. The molecule has 1 heterocycles. The van der Waals surface area contributed by atoms with E-state index in [2.05, 4.69) is 15.9 Å². The first-order valence-corrected chi connectivity index (χ1v) is 4.69. The molecular formula is C6H3BrF3NOS. The smallest absolute Gasteiger partial charge is 0.310 e. The van der Waals surface area contributed by atoms with Crippen LogP contribution in [0, 0.1) is 0 Å². The number of nitrogens with one attached hydrogen (secondary N) is 1. The normalized spacial score (nSPS) is 11.4. The molecule has 0 atom stereocenters. The van der Waals surface area contributed by atoms with Gasteiger partial charge < -0.3 is 5.32 Å². The SMILES string of the molecule is O=C(Nc1cc(Br)cs1)C(F)(F)F. The summed E-state index contributed by atoms with van der Waals surface area (Å²) in [7, 11) is 0. The third kappa shape index (κ3) is 3.00. The van der Waals surface area contributed by atoms with Gasteiger partial charge in [-0.1, -0.05) is 0 Å². The zero-order valence-electron chi connectivity index (χ0n) is 5.98. The molecule has 0 aliphatic rings. The standard InChI is InChI=1S/C6H3BrF3NOS/c7-3-1-4(13-2-3)11-5(12)6(8,9)10/h1-2H,(H,11,12). The van der Waals surface area contributed by atoms with E-state index >= 15 is 0 Å². The van der Waals surface area contributed by atoms with E-state index in [1.807, 2.05) is 0 Å². The monoisotopic (exact) mass is 273 g/mol. The van der Waals surface area contributed by atoms with Gasteiger partial charge >= 0.3 is 12.1 Å². The summed E-state index contributed by atoms with van der Waals surface area (Å²) < 4.78 is 35.8. The van der Waals surface area contributed by atoms with Gasteiger partial charge in [0.2, 0.25) is 0 Å². The van der Waals surface area contributed by atoms with Gasteiger partial charge in [0, 0.05) is 9.85 Å². The lowest BCUT2D eigenvalue weighted by molar-refractivity contribution is -0.167. The fourth-order valence-electron chi connectivity index (χ4n) is 0.561. The zero-order valence-corrected chi connectivity index (χ0v) is 8.39. The van der Waals surface area contributed by atoms with Crippen LogP contribution < -0.4 is 5.32 Å². The summed E-state index contributed by atoms with van der Waals surface area (Å²) in [5.41, 5.74) is 0. The van der Waals surface area contributed by atoms with Crippen molar-refractivity contribution in [2.45, 2.75) is 6.18 Å². The second-order valence-electron chi connectivity index (χ2n) is 2.08. The molecule has 2 nitrogen and oxygen atoms in total. The number of hydrogen-bond acceptors (Lipinski definition) is 2. The molecule has 0 saturated heterocycles. The number of halogens is 4. The lowest BCUT2D eigenvalue weighted by Gasteiger charge is -2.04. The van der Waals surface area contributed by atoms with Gasteiger partial charge in [-0.2, -0.15) is 13.2 Å². The summed E-state index contributed by atoms with van der Waals surface area (Å²) in [6, 6.07) is 1.40. The molecule has 0 radical (unpaired) electrons. The zero-order chi connectivity index (χ0) is 10.1. The Labute approximate surface area is 83.9 Å². The molecule has 0 spiro atoms. The lowest BCUT2D eigenvalue weighted by atomic mass is 10.5. The molecule has 1 aromatic rings. The second-order valence-corrected chi connectivity index (χ2v) is 3.91. The molecule has 72 valence electrons. The van der Waals surface area contributed by atoms with Crippen molar-refractivity contribution < 1.29 is 18.0 Å². The highest BCUT2D eigenvalue weighted by Gasteiger charge is 2.38. The van der Waals surface area contributed by atoms with Crippen LogP contribution in [0.4, 0.5) is 18.2 Å². The number of carbonyl (C=O) groups is 1. The minimum absolute atomic E-state index is 0.161. The van der Waals surface area contributed by atoms with Gasteiger partial charge in [-0.3, -0.25) is 4.79 Å². The highest BCUT2D eigenvalue weighted by molar-refractivity contribution is 9.10. The molecule has 0 unspecified atom stereocenters. The minimum atomic E-state index is -4.84. The molecule has 0 saturated carbocycles. The van der Waals surface area contributed by atoms with E-state index in [-0.39, 0.29) is 5.00 Å². The summed E-state index contributed by atoms with van der Waals surface area (Å²) in [5, 5.41) is 3.46. The molecule has 0 aliphatic heterocycles.